The minimum atomic E-state index is 1.25. The molecular formula is C32H47N. The van der Waals surface area contributed by atoms with E-state index in [0.29, 0.717) is 0 Å². The summed E-state index contributed by atoms with van der Waals surface area (Å²) in [6.45, 7) is 8.75. The number of aryl methyl sites for hydroxylation is 3. The first-order chi connectivity index (χ1) is 16.2. The van der Waals surface area contributed by atoms with Gasteiger partial charge in [-0.1, -0.05) is 153 Å². The largest absolute Gasteiger partial charge is 0.317 e. The minimum Gasteiger partial charge on any atom is -0.317 e. The van der Waals surface area contributed by atoms with Crippen LogP contribution < -0.4 is 5.32 Å². The second-order valence-electron chi connectivity index (χ2n) is 8.90. The Bertz CT molecular complexity index is 620. The van der Waals surface area contributed by atoms with Gasteiger partial charge in [0, 0.05) is 0 Å². The molecule has 0 bridgehead atoms. The molecule has 1 nitrogen and oxygen atoms in total. The summed E-state index contributed by atoms with van der Waals surface area (Å²) in [7, 11) is 0. The van der Waals surface area contributed by atoms with E-state index in [1.165, 1.54) is 87.6 Å². The molecule has 1 aliphatic carbocycles. The van der Waals surface area contributed by atoms with Gasteiger partial charge in [-0.05, 0) is 46.7 Å². The third-order valence-electron chi connectivity index (χ3n) is 5.53. The first-order valence-electron chi connectivity index (χ1n) is 12.9. The van der Waals surface area contributed by atoms with Gasteiger partial charge in [-0.25, -0.2) is 0 Å². The Morgan fingerprint density at radius 1 is 0.364 bits per heavy atom. The first kappa shape index (κ1) is 28.7. The maximum absolute atomic E-state index is 3.28. The fraction of sp³-hybridized carbons (Fsp3) is 0.438. The summed E-state index contributed by atoms with van der Waals surface area (Å²) in [5, 5.41) is 3.28. The predicted octanol–water partition coefficient (Wildman–Crippen LogP) is 9.09. The molecule has 1 heteroatoms. The molecule has 0 unspecified atom stereocenters. The number of rotatable bonds is 0. The van der Waals surface area contributed by atoms with Crippen LogP contribution in [-0.2, 0) is 0 Å². The van der Waals surface area contributed by atoms with Gasteiger partial charge in [0.05, 0.1) is 0 Å². The molecule has 1 heterocycles. The molecule has 3 aromatic carbocycles. The van der Waals surface area contributed by atoms with Crippen molar-refractivity contribution in [3.8, 4) is 0 Å². The van der Waals surface area contributed by atoms with E-state index in [1.807, 2.05) is 54.6 Å². The van der Waals surface area contributed by atoms with Crippen LogP contribution in [-0.4, -0.2) is 13.1 Å². The van der Waals surface area contributed by atoms with Crippen LogP contribution in [0.25, 0.3) is 0 Å². The molecule has 1 aliphatic heterocycles. The zero-order valence-electron chi connectivity index (χ0n) is 21.4. The Balaban J connectivity index is 0.000000207. The molecule has 5 rings (SSSR count). The normalized spacial score (nSPS) is 14.3. The number of nitrogens with one attached hydrogen (secondary N) is 1. The van der Waals surface area contributed by atoms with E-state index >= 15 is 0 Å². The summed E-state index contributed by atoms with van der Waals surface area (Å²) < 4.78 is 0. The van der Waals surface area contributed by atoms with Gasteiger partial charge in [-0.2, -0.15) is 0 Å². The highest BCUT2D eigenvalue weighted by Crippen LogP contribution is 2.15. The fourth-order valence-corrected chi connectivity index (χ4v) is 3.47. The monoisotopic (exact) mass is 445 g/mol. The van der Waals surface area contributed by atoms with Gasteiger partial charge in [-0.3, -0.25) is 0 Å². The lowest BCUT2D eigenvalue weighted by Gasteiger charge is -2.08. The van der Waals surface area contributed by atoms with Gasteiger partial charge in [0.15, 0.2) is 0 Å². The SMILES string of the molecule is C1CCCCC1.C1CCNCC1.Cc1ccccc1.Cc1ccccc1.Cc1ccccc1. The Kier molecular flexibility index (Phi) is 18.6. The molecule has 33 heavy (non-hydrogen) atoms. The van der Waals surface area contributed by atoms with Crippen molar-refractivity contribution in [1.82, 2.24) is 5.32 Å². The molecule has 1 saturated heterocycles. The molecule has 1 N–H and O–H groups in total. The molecule has 2 aliphatic rings. The molecule has 2 fully saturated rings. The summed E-state index contributed by atoms with van der Waals surface area (Å²) in [6.07, 6.45) is 13.2. The van der Waals surface area contributed by atoms with Gasteiger partial charge < -0.3 is 5.32 Å². The zero-order chi connectivity index (χ0) is 23.8. The van der Waals surface area contributed by atoms with Crippen LogP contribution in [0, 0.1) is 20.8 Å². The quantitative estimate of drug-likeness (QED) is 0.364. The zero-order valence-corrected chi connectivity index (χ0v) is 21.4. The van der Waals surface area contributed by atoms with Crippen LogP contribution in [0.5, 0.6) is 0 Å². The summed E-state index contributed by atoms with van der Waals surface area (Å²) in [6, 6.07) is 30.8. The molecule has 1 saturated carbocycles. The van der Waals surface area contributed by atoms with Crippen LogP contribution in [0.15, 0.2) is 91.0 Å². The number of benzene rings is 3. The average molecular weight is 446 g/mol. The number of hydrogen-bond donors (Lipinski definition) is 1. The van der Waals surface area contributed by atoms with Crippen molar-refractivity contribution >= 4 is 0 Å². The van der Waals surface area contributed by atoms with Gasteiger partial charge in [0.2, 0.25) is 0 Å². The van der Waals surface area contributed by atoms with Crippen LogP contribution in [0.1, 0.15) is 74.5 Å². The first-order valence-corrected chi connectivity index (χ1v) is 12.9. The van der Waals surface area contributed by atoms with Crippen molar-refractivity contribution < 1.29 is 0 Å². The van der Waals surface area contributed by atoms with E-state index in [4.69, 9.17) is 0 Å². The highest BCUT2D eigenvalue weighted by Gasteiger charge is 1.95. The van der Waals surface area contributed by atoms with Gasteiger partial charge >= 0.3 is 0 Å². The van der Waals surface area contributed by atoms with Crippen LogP contribution >= 0.6 is 0 Å². The highest BCUT2D eigenvalue weighted by atomic mass is 14.9. The summed E-state index contributed by atoms with van der Waals surface area (Å²) >= 11 is 0. The summed E-state index contributed by atoms with van der Waals surface area (Å²) in [4.78, 5) is 0. The number of piperidine rings is 1. The molecule has 3 aromatic rings. The van der Waals surface area contributed by atoms with Crippen molar-refractivity contribution in [2.24, 2.45) is 0 Å². The highest BCUT2D eigenvalue weighted by molar-refractivity contribution is 5.13. The Morgan fingerprint density at radius 2 is 0.606 bits per heavy atom. The number of hydrogen-bond acceptors (Lipinski definition) is 1. The predicted molar refractivity (Wildman–Crippen MR) is 148 cm³/mol. The second-order valence-corrected chi connectivity index (χ2v) is 8.90. The maximum atomic E-state index is 3.28. The molecule has 0 amide bonds. The maximum Gasteiger partial charge on any atom is -0.00489 e. The molecular weight excluding hydrogens is 398 g/mol. The third kappa shape index (κ3) is 20.0. The van der Waals surface area contributed by atoms with E-state index in [0.717, 1.165) is 0 Å². The molecule has 0 radical (unpaired) electrons. The minimum absolute atomic E-state index is 1.25. The van der Waals surface area contributed by atoms with Gasteiger partial charge in [0.25, 0.3) is 0 Å². The molecule has 0 atom stereocenters. The molecule has 0 aromatic heterocycles. The Hall–Kier alpha value is -2.38. The lowest BCUT2D eigenvalue weighted by Crippen LogP contribution is -2.21. The van der Waals surface area contributed by atoms with Crippen molar-refractivity contribution in [2.45, 2.75) is 78.6 Å². The fourth-order valence-electron chi connectivity index (χ4n) is 3.47. The molecule has 180 valence electrons. The van der Waals surface area contributed by atoms with E-state index in [1.54, 1.807) is 0 Å². The van der Waals surface area contributed by atoms with Gasteiger partial charge in [-0.15, -0.1) is 0 Å². The average Bonchev–Trinajstić information content (AvgIpc) is 2.89. The van der Waals surface area contributed by atoms with Crippen molar-refractivity contribution in [3.63, 3.8) is 0 Å². The van der Waals surface area contributed by atoms with Crippen molar-refractivity contribution in [2.75, 3.05) is 13.1 Å². The van der Waals surface area contributed by atoms with E-state index < -0.39 is 0 Å². The van der Waals surface area contributed by atoms with Crippen LogP contribution in [0.2, 0.25) is 0 Å². The lowest BCUT2D eigenvalue weighted by atomic mass is 10.0. The van der Waals surface area contributed by atoms with E-state index in [9.17, 15) is 0 Å². The summed E-state index contributed by atoms with van der Waals surface area (Å²) in [5.41, 5.74) is 3.97. The van der Waals surface area contributed by atoms with E-state index in [2.05, 4.69) is 62.5 Å². The van der Waals surface area contributed by atoms with Crippen molar-refractivity contribution in [3.05, 3.63) is 108 Å². The smallest absolute Gasteiger partial charge is 0.00489 e. The molecule has 0 spiro atoms. The Labute approximate surface area is 204 Å². The van der Waals surface area contributed by atoms with Crippen LogP contribution in [0.4, 0.5) is 0 Å². The summed E-state index contributed by atoms with van der Waals surface area (Å²) in [5.74, 6) is 0. The Morgan fingerprint density at radius 3 is 0.727 bits per heavy atom. The third-order valence-corrected chi connectivity index (χ3v) is 5.53. The van der Waals surface area contributed by atoms with E-state index in [-0.39, 0.29) is 0 Å². The topological polar surface area (TPSA) is 12.0 Å². The van der Waals surface area contributed by atoms with Crippen molar-refractivity contribution in [1.29, 1.82) is 0 Å². The lowest BCUT2D eigenvalue weighted by molar-refractivity contribution is 0.504. The standard InChI is InChI=1S/3C7H8.C6H12.C5H11N/c3*1-7-5-3-2-4-6-7;2*1-2-4-6-5-3-1/h3*2-6H,1H3;1-6H2;6H,1-5H2. The van der Waals surface area contributed by atoms with Crippen LogP contribution in [0.3, 0.4) is 0 Å². The second kappa shape index (κ2) is 21.5. The van der Waals surface area contributed by atoms with Gasteiger partial charge in [0.1, 0.15) is 0 Å².